The van der Waals surface area contributed by atoms with E-state index in [0.717, 1.165) is 35.8 Å². The van der Waals surface area contributed by atoms with Crippen molar-refractivity contribution in [2.24, 2.45) is 0 Å². The van der Waals surface area contributed by atoms with Crippen molar-refractivity contribution in [3.05, 3.63) is 39.7 Å². The largest absolute Gasteiger partial charge is 0.548 e. The molecule has 126 valence electrons. The number of rotatable bonds is 5. The molecule has 1 heterocycles. The van der Waals surface area contributed by atoms with E-state index in [4.69, 9.17) is 9.15 Å². The molecule has 0 bridgehead atoms. The topological polar surface area (TPSA) is 109 Å². The van der Waals surface area contributed by atoms with E-state index in [1.165, 1.54) is 6.92 Å². The zero-order chi connectivity index (χ0) is 17.3. The minimum Gasteiger partial charge on any atom is -0.548 e. The molecule has 0 unspecified atom stereocenters. The Labute approximate surface area is 137 Å². The van der Waals surface area contributed by atoms with E-state index in [-0.39, 0.29) is 12.2 Å². The van der Waals surface area contributed by atoms with Gasteiger partial charge in [-0.3, -0.25) is 4.79 Å². The third-order valence-electron chi connectivity index (χ3n) is 4.05. The second-order valence-corrected chi connectivity index (χ2v) is 5.76. The normalized spacial score (nSPS) is 14.2. The fraction of sp³-hybridized carbons (Fsp3) is 0.353. The van der Waals surface area contributed by atoms with Crippen LogP contribution in [0, 0.1) is 0 Å². The van der Waals surface area contributed by atoms with Gasteiger partial charge in [0.2, 0.25) is 0 Å². The summed E-state index contributed by atoms with van der Waals surface area (Å²) < 4.78 is 10.7. The lowest BCUT2D eigenvalue weighted by atomic mass is 10.1. The molecule has 0 radical (unpaired) electrons. The lowest BCUT2D eigenvalue weighted by Gasteiger charge is -2.15. The van der Waals surface area contributed by atoms with Crippen LogP contribution in [0.15, 0.2) is 27.4 Å². The summed E-state index contributed by atoms with van der Waals surface area (Å²) >= 11 is 0. The zero-order valence-corrected chi connectivity index (χ0v) is 13.1. The molecule has 1 N–H and O–H groups in total. The molecule has 1 amide bonds. The molecule has 0 saturated carbocycles. The molecular formula is C17H16NO6-. The maximum Gasteiger partial charge on any atom is 0.339 e. The van der Waals surface area contributed by atoms with Crippen molar-refractivity contribution >= 4 is 22.8 Å². The molecule has 1 aromatic heterocycles. The monoisotopic (exact) mass is 330 g/mol. The highest BCUT2D eigenvalue weighted by Crippen LogP contribution is 2.29. The third-order valence-corrected chi connectivity index (χ3v) is 4.05. The molecular weight excluding hydrogens is 314 g/mol. The zero-order valence-electron chi connectivity index (χ0n) is 13.1. The van der Waals surface area contributed by atoms with Gasteiger partial charge in [-0.25, -0.2) is 4.79 Å². The van der Waals surface area contributed by atoms with Gasteiger partial charge in [0.05, 0.1) is 12.0 Å². The number of hydrogen-bond acceptors (Lipinski definition) is 6. The van der Waals surface area contributed by atoms with Crippen molar-refractivity contribution in [2.75, 3.05) is 6.61 Å². The van der Waals surface area contributed by atoms with Crippen LogP contribution in [0.2, 0.25) is 0 Å². The smallest absolute Gasteiger partial charge is 0.339 e. The number of aliphatic carboxylic acids is 1. The molecule has 3 rings (SSSR count). The fourth-order valence-electron chi connectivity index (χ4n) is 2.84. The second-order valence-electron chi connectivity index (χ2n) is 5.76. The lowest BCUT2D eigenvalue weighted by Crippen LogP contribution is -2.47. The highest BCUT2D eigenvalue weighted by Gasteiger charge is 2.19. The number of carbonyl (C=O) groups excluding carboxylic acids is 2. The molecule has 7 nitrogen and oxygen atoms in total. The molecule has 0 aliphatic heterocycles. The van der Waals surface area contributed by atoms with Gasteiger partial charge < -0.3 is 24.4 Å². The lowest BCUT2D eigenvalue weighted by molar-refractivity contribution is -0.307. The van der Waals surface area contributed by atoms with Crippen LogP contribution in [0.5, 0.6) is 5.75 Å². The Balaban J connectivity index is 1.75. The van der Waals surface area contributed by atoms with Crippen molar-refractivity contribution in [3.8, 4) is 5.75 Å². The van der Waals surface area contributed by atoms with Crippen LogP contribution in [-0.4, -0.2) is 24.5 Å². The van der Waals surface area contributed by atoms with Crippen LogP contribution in [0.1, 0.15) is 24.5 Å². The summed E-state index contributed by atoms with van der Waals surface area (Å²) in [6.07, 6.45) is 2.53. The third kappa shape index (κ3) is 3.10. The van der Waals surface area contributed by atoms with Gasteiger partial charge in [-0.05, 0) is 43.9 Å². The minimum atomic E-state index is -1.37. The van der Waals surface area contributed by atoms with E-state index < -0.39 is 17.9 Å². The van der Waals surface area contributed by atoms with Crippen LogP contribution in [0.3, 0.4) is 0 Å². The first-order valence-corrected chi connectivity index (χ1v) is 7.67. The van der Waals surface area contributed by atoms with Crippen molar-refractivity contribution < 1.29 is 23.8 Å². The van der Waals surface area contributed by atoms with Crippen molar-refractivity contribution in [1.82, 2.24) is 5.32 Å². The molecule has 1 aromatic carbocycles. The number of aryl methyl sites for hydroxylation is 1. The van der Waals surface area contributed by atoms with E-state index in [9.17, 15) is 19.5 Å². The highest BCUT2D eigenvalue weighted by atomic mass is 16.5. The van der Waals surface area contributed by atoms with Gasteiger partial charge >= 0.3 is 5.63 Å². The first kappa shape index (κ1) is 16.0. The summed E-state index contributed by atoms with van der Waals surface area (Å²) in [4.78, 5) is 34.1. The number of hydrogen-bond donors (Lipinski definition) is 1. The van der Waals surface area contributed by atoms with Crippen LogP contribution >= 0.6 is 0 Å². The van der Waals surface area contributed by atoms with E-state index in [2.05, 4.69) is 5.32 Å². The SMILES string of the molecule is C[C@H](NC(=O)COc1ccc2c3c(c(=O)oc2c1)CCC3)C(=O)[O-]. The highest BCUT2D eigenvalue weighted by molar-refractivity contribution is 5.84. The van der Waals surface area contributed by atoms with E-state index in [1.54, 1.807) is 18.2 Å². The molecule has 0 fully saturated rings. The summed E-state index contributed by atoms with van der Waals surface area (Å²) in [6.45, 7) is 0.955. The second kappa shape index (κ2) is 6.35. The molecule has 2 aromatic rings. The average molecular weight is 330 g/mol. The number of carbonyl (C=O) groups is 2. The summed E-state index contributed by atoms with van der Waals surface area (Å²) in [5.41, 5.74) is 1.86. The van der Waals surface area contributed by atoms with Gasteiger partial charge in [0.1, 0.15) is 11.3 Å². The van der Waals surface area contributed by atoms with Gasteiger partial charge in [0.25, 0.3) is 5.91 Å². The van der Waals surface area contributed by atoms with Crippen molar-refractivity contribution in [1.29, 1.82) is 0 Å². The molecule has 7 heteroatoms. The number of benzene rings is 1. The van der Waals surface area contributed by atoms with E-state index >= 15 is 0 Å². The Hall–Kier alpha value is -2.83. The number of carboxylic acid groups (broad SMARTS) is 1. The predicted octanol–water partition coefficient (Wildman–Crippen LogP) is -0.0849. The van der Waals surface area contributed by atoms with Gasteiger partial charge in [-0.2, -0.15) is 0 Å². The summed E-state index contributed by atoms with van der Waals surface area (Å²) in [6, 6.07) is 3.96. The quantitative estimate of drug-likeness (QED) is 0.768. The number of carboxylic acids is 1. The molecule has 0 saturated heterocycles. The van der Waals surface area contributed by atoms with Crippen LogP contribution in [0.25, 0.3) is 11.0 Å². The number of nitrogens with one attached hydrogen (secondary N) is 1. The van der Waals surface area contributed by atoms with Gasteiger partial charge in [-0.15, -0.1) is 0 Å². The molecule has 0 spiro atoms. The fourth-order valence-corrected chi connectivity index (χ4v) is 2.84. The Morgan fingerprint density at radius 1 is 1.33 bits per heavy atom. The Morgan fingerprint density at radius 3 is 2.83 bits per heavy atom. The average Bonchev–Trinajstić information content (AvgIpc) is 3.03. The Morgan fingerprint density at radius 2 is 2.08 bits per heavy atom. The number of ether oxygens (including phenoxy) is 1. The van der Waals surface area contributed by atoms with Gasteiger partial charge in [-0.1, -0.05) is 0 Å². The number of amides is 1. The predicted molar refractivity (Wildman–Crippen MR) is 82.6 cm³/mol. The molecule has 24 heavy (non-hydrogen) atoms. The summed E-state index contributed by atoms with van der Waals surface area (Å²) in [5, 5.41) is 13.7. The van der Waals surface area contributed by atoms with E-state index in [1.807, 2.05) is 0 Å². The standard InChI is InChI=1S/C17H17NO6/c1-9(16(20)21)18-15(19)8-23-10-5-6-12-11-3-2-4-13(11)17(22)24-14(12)7-10/h5-7,9H,2-4,8H2,1H3,(H,18,19)(H,20,21)/p-1/t9-/m0/s1. The molecule has 1 atom stereocenters. The minimum absolute atomic E-state index is 0.326. The Bertz CT molecular complexity index is 869. The van der Waals surface area contributed by atoms with Crippen LogP contribution in [-0.2, 0) is 22.4 Å². The maximum atomic E-state index is 12.0. The summed E-state index contributed by atoms with van der Waals surface area (Å²) in [5.74, 6) is -1.59. The molecule has 1 aliphatic rings. The van der Waals surface area contributed by atoms with Crippen molar-refractivity contribution in [3.63, 3.8) is 0 Å². The Kier molecular flexibility index (Phi) is 4.24. The molecule has 1 aliphatic carbocycles. The van der Waals surface area contributed by atoms with E-state index in [0.29, 0.717) is 11.3 Å². The number of fused-ring (bicyclic) bond motifs is 3. The van der Waals surface area contributed by atoms with Crippen LogP contribution < -0.4 is 20.8 Å². The van der Waals surface area contributed by atoms with Crippen molar-refractivity contribution in [2.45, 2.75) is 32.2 Å². The first-order valence-electron chi connectivity index (χ1n) is 7.67. The van der Waals surface area contributed by atoms with Gasteiger partial charge in [0.15, 0.2) is 6.61 Å². The first-order chi connectivity index (χ1) is 11.5. The summed E-state index contributed by atoms with van der Waals surface area (Å²) in [7, 11) is 0. The maximum absolute atomic E-state index is 12.0. The van der Waals surface area contributed by atoms with Crippen LogP contribution in [0.4, 0.5) is 0 Å². The van der Waals surface area contributed by atoms with Gasteiger partial charge in [0, 0.05) is 17.0 Å².